The molecule has 0 saturated heterocycles. The van der Waals surface area contributed by atoms with Crippen molar-refractivity contribution in [2.75, 3.05) is 18.6 Å². The van der Waals surface area contributed by atoms with Gasteiger partial charge in [-0.3, -0.25) is 10.1 Å². The van der Waals surface area contributed by atoms with Crippen LogP contribution in [-0.2, 0) is 21.3 Å². The quantitative estimate of drug-likeness (QED) is 0.481. The second-order valence-electron chi connectivity index (χ2n) is 3.49. The Kier molecular flexibility index (Phi) is 5.98. The molecule has 0 spiro atoms. The smallest absolute Gasteiger partial charge is 0.370 e. The second-order valence-corrected chi connectivity index (χ2v) is 3.84. The molecular weight excluding hydrogens is 288 g/mol. The molecule has 0 unspecified atom stereocenters. The Morgan fingerprint density at radius 2 is 2.05 bits per heavy atom. The molecule has 8 nitrogen and oxygen atoms in total. The number of nitrogens with zero attached hydrogens (tertiary/aromatic N) is 3. The highest BCUT2D eigenvalue weighted by molar-refractivity contribution is 6.82. The Bertz CT molecular complexity index is 526. The number of anilines is 1. The third kappa shape index (κ3) is 3.95. The highest BCUT2D eigenvalue weighted by atomic mass is 35.5. The van der Waals surface area contributed by atoms with Gasteiger partial charge in [-0.05, 0) is 13.8 Å². The minimum absolute atomic E-state index is 0.185. The zero-order chi connectivity index (χ0) is 15.1. The van der Waals surface area contributed by atoms with Crippen LogP contribution < -0.4 is 5.43 Å². The summed E-state index contributed by atoms with van der Waals surface area (Å²) in [7, 11) is 1.60. The van der Waals surface area contributed by atoms with Gasteiger partial charge in [0.05, 0.1) is 19.4 Å². The average Bonchev–Trinajstić information content (AvgIpc) is 2.78. The van der Waals surface area contributed by atoms with Gasteiger partial charge >= 0.3 is 11.9 Å². The van der Waals surface area contributed by atoms with E-state index < -0.39 is 11.9 Å². The van der Waals surface area contributed by atoms with Crippen molar-refractivity contribution in [2.24, 2.45) is 12.1 Å². The third-order valence-electron chi connectivity index (χ3n) is 2.14. The first kappa shape index (κ1) is 16.0. The number of nitrogens with one attached hydrogen (secondary N) is 1. The maximum Gasteiger partial charge on any atom is 0.370 e. The fourth-order valence-electron chi connectivity index (χ4n) is 1.27. The molecule has 0 fully saturated rings. The lowest BCUT2D eigenvalue weighted by Crippen LogP contribution is -2.15. The number of hydrogen-bond donors (Lipinski definition) is 1. The van der Waals surface area contributed by atoms with E-state index in [2.05, 4.69) is 20.4 Å². The van der Waals surface area contributed by atoms with Gasteiger partial charge in [0, 0.05) is 7.05 Å². The molecule has 1 aromatic heterocycles. The zero-order valence-electron chi connectivity index (χ0n) is 11.3. The van der Waals surface area contributed by atoms with Crippen molar-refractivity contribution in [3.63, 3.8) is 0 Å². The maximum absolute atomic E-state index is 11.7. The normalized spacial score (nSPS) is 11.1. The predicted octanol–water partition coefficient (Wildman–Crippen LogP) is 1.12. The molecule has 0 radical (unpaired) electrons. The first-order valence-electron chi connectivity index (χ1n) is 5.86. The molecule has 0 aliphatic carbocycles. The molecule has 1 heterocycles. The van der Waals surface area contributed by atoms with Gasteiger partial charge in [0.25, 0.3) is 0 Å². The van der Waals surface area contributed by atoms with E-state index in [1.807, 2.05) is 0 Å². The molecule has 20 heavy (non-hydrogen) atoms. The van der Waals surface area contributed by atoms with E-state index >= 15 is 0 Å². The Hall–Kier alpha value is -2.09. The lowest BCUT2D eigenvalue weighted by Gasteiger charge is -2.05. The number of hydrogen-bond acceptors (Lipinski definition) is 7. The van der Waals surface area contributed by atoms with Crippen molar-refractivity contribution in [3.8, 4) is 0 Å². The minimum atomic E-state index is -0.762. The van der Waals surface area contributed by atoms with E-state index in [4.69, 9.17) is 16.3 Å². The summed E-state index contributed by atoms with van der Waals surface area (Å²) in [6.45, 7) is 3.76. The summed E-state index contributed by atoms with van der Waals surface area (Å²) in [5.41, 5.74) is 2.68. The van der Waals surface area contributed by atoms with E-state index in [-0.39, 0.29) is 29.8 Å². The van der Waals surface area contributed by atoms with Gasteiger partial charge in [-0.15, -0.1) is 0 Å². The number of aromatic nitrogens is 2. The number of aryl methyl sites for hydroxylation is 1. The number of esters is 2. The molecule has 0 aliphatic rings. The van der Waals surface area contributed by atoms with Crippen LogP contribution in [0.3, 0.4) is 0 Å². The maximum atomic E-state index is 11.7. The lowest BCUT2D eigenvalue weighted by molar-refractivity contribution is -0.134. The summed E-state index contributed by atoms with van der Waals surface area (Å²) in [5, 5.41) is 7.16. The summed E-state index contributed by atoms with van der Waals surface area (Å²) < 4.78 is 10.9. The largest absolute Gasteiger partial charge is 0.462 e. The topological polar surface area (TPSA) is 94.8 Å². The molecule has 1 aromatic rings. The Morgan fingerprint density at radius 3 is 2.65 bits per heavy atom. The molecule has 0 atom stereocenters. The van der Waals surface area contributed by atoms with Gasteiger partial charge in [-0.25, -0.2) is 9.59 Å². The summed E-state index contributed by atoms with van der Waals surface area (Å²) in [5.74, 6) is -1.06. The molecule has 1 N–H and O–H groups in total. The highest BCUT2D eigenvalue weighted by Crippen LogP contribution is 2.15. The van der Waals surface area contributed by atoms with E-state index in [0.717, 1.165) is 0 Å². The van der Waals surface area contributed by atoms with Crippen LogP contribution in [0.2, 0.25) is 0 Å². The molecule has 9 heteroatoms. The van der Waals surface area contributed by atoms with Gasteiger partial charge < -0.3 is 9.47 Å². The van der Waals surface area contributed by atoms with Gasteiger partial charge in [0.1, 0.15) is 5.56 Å². The van der Waals surface area contributed by atoms with Gasteiger partial charge in [0.2, 0.25) is 5.17 Å². The lowest BCUT2D eigenvalue weighted by atomic mass is 10.3. The van der Waals surface area contributed by atoms with Crippen LogP contribution in [-0.4, -0.2) is 40.1 Å². The Labute approximate surface area is 120 Å². The molecule has 110 valence electrons. The molecule has 0 amide bonds. The van der Waals surface area contributed by atoms with Crippen molar-refractivity contribution >= 4 is 34.5 Å². The van der Waals surface area contributed by atoms with Crippen LogP contribution in [0.5, 0.6) is 0 Å². The summed E-state index contributed by atoms with van der Waals surface area (Å²) >= 11 is 5.64. The number of halogens is 1. The van der Waals surface area contributed by atoms with Gasteiger partial charge in [-0.1, -0.05) is 11.6 Å². The van der Waals surface area contributed by atoms with E-state index in [1.165, 1.54) is 10.9 Å². The van der Waals surface area contributed by atoms with E-state index in [0.29, 0.717) is 0 Å². The van der Waals surface area contributed by atoms with Crippen LogP contribution >= 0.6 is 11.6 Å². The van der Waals surface area contributed by atoms with Crippen LogP contribution in [0.25, 0.3) is 0 Å². The number of carbonyl (C=O) groups excluding carboxylic acids is 2. The van der Waals surface area contributed by atoms with E-state index in [1.54, 1.807) is 20.9 Å². The fraction of sp³-hybridized carbons (Fsp3) is 0.455. The van der Waals surface area contributed by atoms with Crippen LogP contribution in [0.4, 0.5) is 5.82 Å². The Morgan fingerprint density at radius 1 is 1.40 bits per heavy atom. The van der Waals surface area contributed by atoms with E-state index in [9.17, 15) is 9.59 Å². The third-order valence-corrected chi connectivity index (χ3v) is 2.38. The first-order chi connectivity index (χ1) is 9.51. The van der Waals surface area contributed by atoms with Crippen LogP contribution in [0, 0.1) is 0 Å². The molecule has 0 saturated carbocycles. The van der Waals surface area contributed by atoms with Crippen molar-refractivity contribution < 1.29 is 19.1 Å². The molecule has 0 aromatic carbocycles. The number of ether oxygens (including phenoxy) is 2. The number of carbonyl (C=O) groups is 2. The molecule has 0 bridgehead atoms. The SMILES string of the molecule is CCOC(=O)C(Cl)=NNc1c(C(=O)OCC)cnn1C. The van der Waals surface area contributed by atoms with Crippen LogP contribution in [0.15, 0.2) is 11.3 Å². The van der Waals surface area contributed by atoms with Crippen molar-refractivity contribution in [1.29, 1.82) is 0 Å². The minimum Gasteiger partial charge on any atom is -0.462 e. The summed E-state index contributed by atoms with van der Waals surface area (Å²) in [6, 6.07) is 0. The van der Waals surface area contributed by atoms with Crippen molar-refractivity contribution in [3.05, 3.63) is 11.8 Å². The molecule has 1 rings (SSSR count). The summed E-state index contributed by atoms with van der Waals surface area (Å²) in [4.78, 5) is 22.9. The van der Waals surface area contributed by atoms with Gasteiger partial charge in [0.15, 0.2) is 5.82 Å². The summed E-state index contributed by atoms with van der Waals surface area (Å²) in [6.07, 6.45) is 1.33. The van der Waals surface area contributed by atoms with Crippen LogP contribution in [0.1, 0.15) is 24.2 Å². The molecule has 0 aliphatic heterocycles. The predicted molar refractivity (Wildman–Crippen MR) is 72.7 cm³/mol. The zero-order valence-corrected chi connectivity index (χ0v) is 12.1. The van der Waals surface area contributed by atoms with Crippen molar-refractivity contribution in [1.82, 2.24) is 9.78 Å². The molecular formula is C11H15ClN4O4. The monoisotopic (exact) mass is 302 g/mol. The Balaban J connectivity index is 2.87. The highest BCUT2D eigenvalue weighted by Gasteiger charge is 2.18. The second kappa shape index (κ2) is 7.49. The van der Waals surface area contributed by atoms with Crippen molar-refractivity contribution in [2.45, 2.75) is 13.8 Å². The fourth-order valence-corrected chi connectivity index (χ4v) is 1.36. The average molecular weight is 303 g/mol. The first-order valence-corrected chi connectivity index (χ1v) is 6.24. The standard InChI is InChI=1S/C11H15ClN4O4/c1-4-19-10(17)7-6-13-16(3)9(7)15-14-8(12)11(18)20-5-2/h6,15H,4-5H2,1-3H3. The van der Waals surface area contributed by atoms with Gasteiger partial charge in [-0.2, -0.15) is 10.2 Å². The number of hydrazone groups is 1. The number of rotatable bonds is 6.